The monoisotopic (exact) mass is 349 g/mol. The van der Waals surface area contributed by atoms with Gasteiger partial charge in [-0.2, -0.15) is 5.10 Å². The zero-order chi connectivity index (χ0) is 17.8. The number of anilines is 1. The van der Waals surface area contributed by atoms with Crippen molar-refractivity contribution in [3.8, 4) is 5.69 Å². The van der Waals surface area contributed by atoms with Crippen LogP contribution in [0.5, 0.6) is 0 Å². The molecule has 7 heteroatoms. The van der Waals surface area contributed by atoms with Crippen LogP contribution in [0.15, 0.2) is 54.9 Å². The molecule has 7 nitrogen and oxygen atoms in total. The summed E-state index contributed by atoms with van der Waals surface area (Å²) in [6.07, 6.45) is 6.09. The molecule has 1 fully saturated rings. The summed E-state index contributed by atoms with van der Waals surface area (Å²) in [6, 6.07) is 14.5. The lowest BCUT2D eigenvalue weighted by molar-refractivity contribution is 0.299. The number of aromatic nitrogens is 5. The highest BCUT2D eigenvalue weighted by molar-refractivity contribution is 5.39. The summed E-state index contributed by atoms with van der Waals surface area (Å²) in [6.45, 7) is 2.79. The third-order valence-electron chi connectivity index (χ3n) is 4.75. The maximum Gasteiger partial charge on any atom is 0.151 e. The van der Waals surface area contributed by atoms with Crippen LogP contribution in [0.4, 0.5) is 5.82 Å². The van der Waals surface area contributed by atoms with Gasteiger partial charge in [-0.1, -0.05) is 23.4 Å². The van der Waals surface area contributed by atoms with Gasteiger partial charge in [0.15, 0.2) is 5.82 Å². The third-order valence-corrected chi connectivity index (χ3v) is 4.75. The van der Waals surface area contributed by atoms with Crippen LogP contribution in [0, 0.1) is 0 Å². The summed E-state index contributed by atoms with van der Waals surface area (Å²) < 4.78 is 1.82. The average molecular weight is 349 g/mol. The SMILES string of the molecule is CN(Cc1cn(-c2ccccc2)nn1)C[C@@H]1CCCN1c1cccnn1. The summed E-state index contributed by atoms with van der Waals surface area (Å²) in [5.74, 6) is 0.971. The Morgan fingerprint density at radius 2 is 2.00 bits per heavy atom. The predicted molar refractivity (Wildman–Crippen MR) is 100 cm³/mol. The Morgan fingerprint density at radius 3 is 2.81 bits per heavy atom. The number of rotatable bonds is 6. The minimum Gasteiger partial charge on any atom is -0.351 e. The van der Waals surface area contributed by atoms with Gasteiger partial charge in [-0.15, -0.1) is 10.2 Å². The van der Waals surface area contributed by atoms with Crippen LogP contribution in [0.3, 0.4) is 0 Å². The first-order valence-electron chi connectivity index (χ1n) is 8.99. The summed E-state index contributed by atoms with van der Waals surface area (Å²) in [5, 5.41) is 16.9. The van der Waals surface area contributed by atoms with Crippen LogP contribution >= 0.6 is 0 Å². The second-order valence-electron chi connectivity index (χ2n) is 6.76. The first-order chi connectivity index (χ1) is 12.8. The molecule has 0 amide bonds. The molecule has 1 saturated heterocycles. The fourth-order valence-electron chi connectivity index (χ4n) is 3.55. The standard InChI is InChI=1S/C19H23N7/c1-24(13-16-14-26(23-21-16)17-7-3-2-4-8-17)15-18-9-6-12-25(18)19-10-5-11-20-22-19/h2-5,7-8,10-11,14,18H,6,9,12-13,15H2,1H3/t18-/m0/s1. The van der Waals surface area contributed by atoms with Gasteiger partial charge in [-0.3, -0.25) is 4.90 Å². The van der Waals surface area contributed by atoms with E-state index in [1.165, 1.54) is 12.8 Å². The molecule has 1 aromatic carbocycles. The van der Waals surface area contributed by atoms with Crippen LogP contribution < -0.4 is 4.90 Å². The first kappa shape index (κ1) is 16.7. The molecule has 0 N–H and O–H groups in total. The molecule has 134 valence electrons. The molecule has 0 bridgehead atoms. The number of hydrogen-bond donors (Lipinski definition) is 0. The average Bonchev–Trinajstić information content (AvgIpc) is 3.33. The molecule has 0 radical (unpaired) electrons. The summed E-state index contributed by atoms with van der Waals surface area (Å²) in [5.41, 5.74) is 2.00. The summed E-state index contributed by atoms with van der Waals surface area (Å²) in [7, 11) is 2.13. The highest BCUT2D eigenvalue weighted by Crippen LogP contribution is 2.23. The molecule has 2 aromatic heterocycles. The van der Waals surface area contributed by atoms with Crippen LogP contribution in [0.2, 0.25) is 0 Å². The van der Waals surface area contributed by atoms with Gasteiger partial charge >= 0.3 is 0 Å². The minimum atomic E-state index is 0.459. The zero-order valence-corrected chi connectivity index (χ0v) is 14.9. The number of nitrogens with zero attached hydrogens (tertiary/aromatic N) is 7. The van der Waals surface area contributed by atoms with Gasteiger partial charge in [0, 0.05) is 31.9 Å². The van der Waals surface area contributed by atoms with Gasteiger partial charge in [-0.05, 0) is 44.2 Å². The molecule has 0 unspecified atom stereocenters. The minimum absolute atomic E-state index is 0.459. The zero-order valence-electron chi connectivity index (χ0n) is 14.9. The van der Waals surface area contributed by atoms with E-state index in [1.54, 1.807) is 6.20 Å². The Balaban J connectivity index is 1.38. The largest absolute Gasteiger partial charge is 0.351 e. The lowest BCUT2D eigenvalue weighted by Crippen LogP contribution is -2.39. The van der Waals surface area contributed by atoms with Gasteiger partial charge in [0.25, 0.3) is 0 Å². The predicted octanol–water partition coefficient (Wildman–Crippen LogP) is 2.16. The lowest BCUT2D eigenvalue weighted by atomic mass is 10.2. The maximum absolute atomic E-state index is 4.32. The van der Waals surface area contributed by atoms with Crippen molar-refractivity contribution in [2.75, 3.05) is 25.0 Å². The first-order valence-corrected chi connectivity index (χ1v) is 8.99. The molecule has 26 heavy (non-hydrogen) atoms. The van der Waals surface area contributed by atoms with Crippen LogP contribution in [0.25, 0.3) is 5.69 Å². The molecule has 0 aliphatic carbocycles. The van der Waals surface area contributed by atoms with Crippen LogP contribution in [-0.4, -0.2) is 56.3 Å². The Morgan fingerprint density at radius 1 is 1.12 bits per heavy atom. The lowest BCUT2D eigenvalue weighted by Gasteiger charge is -2.28. The molecule has 1 aliphatic rings. The van der Waals surface area contributed by atoms with E-state index in [-0.39, 0.29) is 0 Å². The fraction of sp³-hybridized carbons (Fsp3) is 0.368. The molecular formula is C19H23N7. The van der Waals surface area contributed by atoms with Gasteiger partial charge < -0.3 is 4.90 Å². The van der Waals surface area contributed by atoms with Gasteiger partial charge in [0.05, 0.1) is 17.6 Å². The van der Waals surface area contributed by atoms with E-state index in [4.69, 9.17) is 0 Å². The molecular weight excluding hydrogens is 326 g/mol. The van der Waals surface area contributed by atoms with Crippen molar-refractivity contribution in [2.45, 2.75) is 25.4 Å². The fourth-order valence-corrected chi connectivity index (χ4v) is 3.55. The Kier molecular flexibility index (Phi) is 4.88. The molecule has 3 aromatic rings. The summed E-state index contributed by atoms with van der Waals surface area (Å²) >= 11 is 0. The second kappa shape index (κ2) is 7.61. The highest BCUT2D eigenvalue weighted by Gasteiger charge is 2.27. The molecule has 4 rings (SSSR count). The molecule has 0 spiro atoms. The van der Waals surface area contributed by atoms with Crippen molar-refractivity contribution in [3.63, 3.8) is 0 Å². The Bertz CT molecular complexity index is 818. The van der Waals surface area contributed by atoms with E-state index in [1.807, 2.05) is 53.3 Å². The maximum atomic E-state index is 4.32. The van der Waals surface area contributed by atoms with E-state index < -0.39 is 0 Å². The van der Waals surface area contributed by atoms with Crippen molar-refractivity contribution in [3.05, 3.63) is 60.6 Å². The third kappa shape index (κ3) is 3.72. The number of para-hydroxylation sites is 1. The highest BCUT2D eigenvalue weighted by atomic mass is 15.4. The number of likely N-dealkylation sites (N-methyl/N-ethyl adjacent to an activating group) is 1. The Labute approximate surface area is 153 Å². The van der Waals surface area contributed by atoms with Crippen LogP contribution in [0.1, 0.15) is 18.5 Å². The van der Waals surface area contributed by atoms with Gasteiger partial charge in [0.2, 0.25) is 0 Å². The number of benzene rings is 1. The molecule has 3 heterocycles. The quantitative estimate of drug-likeness (QED) is 0.680. The summed E-state index contributed by atoms with van der Waals surface area (Å²) in [4.78, 5) is 4.67. The van der Waals surface area contributed by atoms with Crippen molar-refractivity contribution in [2.24, 2.45) is 0 Å². The normalized spacial score (nSPS) is 17.2. The van der Waals surface area contributed by atoms with Crippen molar-refractivity contribution in [1.29, 1.82) is 0 Å². The van der Waals surface area contributed by atoms with Crippen molar-refractivity contribution >= 4 is 5.82 Å². The van der Waals surface area contributed by atoms with Gasteiger partial charge in [-0.25, -0.2) is 4.68 Å². The van der Waals surface area contributed by atoms with E-state index >= 15 is 0 Å². The van der Waals surface area contributed by atoms with Crippen LogP contribution in [-0.2, 0) is 6.54 Å². The Hall–Kier alpha value is -2.80. The van der Waals surface area contributed by atoms with E-state index in [0.29, 0.717) is 6.04 Å². The smallest absolute Gasteiger partial charge is 0.151 e. The van der Waals surface area contributed by atoms with Crippen molar-refractivity contribution in [1.82, 2.24) is 30.1 Å². The molecule has 1 atom stereocenters. The van der Waals surface area contributed by atoms with E-state index in [9.17, 15) is 0 Å². The van der Waals surface area contributed by atoms with Gasteiger partial charge in [0.1, 0.15) is 0 Å². The topological polar surface area (TPSA) is 63.0 Å². The second-order valence-corrected chi connectivity index (χ2v) is 6.76. The number of hydrogen-bond acceptors (Lipinski definition) is 6. The molecule has 0 saturated carbocycles. The van der Waals surface area contributed by atoms with Crippen molar-refractivity contribution < 1.29 is 0 Å². The van der Waals surface area contributed by atoms with E-state index in [0.717, 1.165) is 36.8 Å². The molecule has 1 aliphatic heterocycles. The van der Waals surface area contributed by atoms with E-state index in [2.05, 4.69) is 37.4 Å².